The lowest BCUT2D eigenvalue weighted by atomic mass is 9.84. The van der Waals surface area contributed by atoms with Gasteiger partial charge in [-0.15, -0.1) is 0 Å². The van der Waals surface area contributed by atoms with Crippen LogP contribution < -0.4 is 10.6 Å². The lowest BCUT2D eigenvalue weighted by Gasteiger charge is -2.27. The third-order valence-corrected chi connectivity index (χ3v) is 4.16. The second-order valence-electron chi connectivity index (χ2n) is 6.06. The third kappa shape index (κ3) is 8.98. The molecule has 1 rings (SSSR count). The average Bonchev–Trinajstić information content (AvgIpc) is 2.56. The zero-order valence-corrected chi connectivity index (χ0v) is 14.8. The van der Waals surface area contributed by atoms with Gasteiger partial charge in [0.1, 0.15) is 5.78 Å². The molecule has 0 saturated heterocycles. The number of amides is 2. The summed E-state index contributed by atoms with van der Waals surface area (Å²) < 4.78 is 10.4. The molecule has 0 spiro atoms. The Bertz CT molecular complexity index is 406. The Morgan fingerprint density at radius 3 is 2.25 bits per heavy atom. The van der Waals surface area contributed by atoms with Gasteiger partial charge in [0.15, 0.2) is 0 Å². The van der Waals surface area contributed by atoms with Crippen LogP contribution in [0, 0.1) is 5.92 Å². The Morgan fingerprint density at radius 2 is 1.62 bits per heavy atom. The second-order valence-corrected chi connectivity index (χ2v) is 6.06. The lowest BCUT2D eigenvalue weighted by molar-refractivity contribution is -0.127. The molecule has 0 heterocycles. The van der Waals surface area contributed by atoms with Crippen LogP contribution in [0.15, 0.2) is 0 Å². The Kier molecular flexibility index (Phi) is 10.3. The Hall–Kier alpha value is -1.47. The van der Waals surface area contributed by atoms with Crippen LogP contribution in [0.2, 0.25) is 0 Å². The van der Waals surface area contributed by atoms with Gasteiger partial charge in [0.2, 0.25) is 11.8 Å². The summed E-state index contributed by atoms with van der Waals surface area (Å²) in [4.78, 5) is 34.8. The van der Waals surface area contributed by atoms with Crippen molar-refractivity contribution in [1.29, 1.82) is 0 Å². The van der Waals surface area contributed by atoms with E-state index in [1.54, 1.807) is 6.92 Å². The highest BCUT2D eigenvalue weighted by atomic mass is 16.5. The van der Waals surface area contributed by atoms with Gasteiger partial charge < -0.3 is 20.1 Å². The first-order chi connectivity index (χ1) is 11.5. The molecule has 24 heavy (non-hydrogen) atoms. The highest BCUT2D eigenvalue weighted by molar-refractivity contribution is 5.84. The molecule has 138 valence electrons. The first-order valence-electron chi connectivity index (χ1n) is 8.75. The van der Waals surface area contributed by atoms with E-state index in [9.17, 15) is 14.4 Å². The quantitative estimate of drug-likeness (QED) is 0.542. The van der Waals surface area contributed by atoms with E-state index in [1.807, 2.05) is 6.92 Å². The van der Waals surface area contributed by atoms with Crippen LogP contribution >= 0.6 is 0 Å². The van der Waals surface area contributed by atoms with Gasteiger partial charge in [0.25, 0.3) is 0 Å². The molecule has 0 unspecified atom stereocenters. The van der Waals surface area contributed by atoms with Crippen LogP contribution in [0.4, 0.5) is 0 Å². The summed E-state index contributed by atoms with van der Waals surface area (Å²) in [5.41, 5.74) is 0. The smallest absolute Gasteiger partial charge is 0.239 e. The van der Waals surface area contributed by atoms with Crippen molar-refractivity contribution in [3.05, 3.63) is 0 Å². The van der Waals surface area contributed by atoms with Crippen molar-refractivity contribution in [2.24, 2.45) is 5.92 Å². The fraction of sp³-hybridized carbons (Fsp3) is 0.824. The van der Waals surface area contributed by atoms with Crippen LogP contribution in [0.3, 0.4) is 0 Å². The number of rotatable bonds is 11. The minimum Gasteiger partial charge on any atom is -0.379 e. The Morgan fingerprint density at radius 1 is 0.958 bits per heavy atom. The SMILES string of the molecule is CCOCCOCCC(=O)NCC(=O)NC1CCC(C(C)=O)CC1. The van der Waals surface area contributed by atoms with Gasteiger partial charge in [-0.2, -0.15) is 0 Å². The fourth-order valence-corrected chi connectivity index (χ4v) is 2.72. The first-order valence-corrected chi connectivity index (χ1v) is 8.75. The van der Waals surface area contributed by atoms with Crippen LogP contribution in [0.25, 0.3) is 0 Å². The number of ether oxygens (including phenoxy) is 2. The molecule has 0 atom stereocenters. The van der Waals surface area contributed by atoms with Crippen LogP contribution in [0.5, 0.6) is 0 Å². The molecule has 2 amide bonds. The van der Waals surface area contributed by atoms with Crippen molar-refractivity contribution in [3.63, 3.8) is 0 Å². The largest absolute Gasteiger partial charge is 0.379 e. The molecule has 7 nitrogen and oxygen atoms in total. The zero-order valence-electron chi connectivity index (χ0n) is 14.8. The Balaban J connectivity index is 2.05. The Labute approximate surface area is 143 Å². The van der Waals surface area contributed by atoms with Gasteiger partial charge in [0.05, 0.1) is 26.4 Å². The minimum absolute atomic E-state index is 0.0234. The predicted molar refractivity (Wildman–Crippen MR) is 89.5 cm³/mol. The maximum atomic E-state index is 11.8. The molecular formula is C17H30N2O5. The number of hydrogen-bond acceptors (Lipinski definition) is 5. The third-order valence-electron chi connectivity index (χ3n) is 4.16. The average molecular weight is 342 g/mol. The van der Waals surface area contributed by atoms with Crippen molar-refractivity contribution in [1.82, 2.24) is 10.6 Å². The van der Waals surface area contributed by atoms with E-state index in [2.05, 4.69) is 10.6 Å². The van der Waals surface area contributed by atoms with Crippen LogP contribution in [0.1, 0.15) is 46.0 Å². The van der Waals surface area contributed by atoms with Crippen LogP contribution in [-0.2, 0) is 23.9 Å². The van der Waals surface area contributed by atoms with Gasteiger partial charge >= 0.3 is 0 Å². The van der Waals surface area contributed by atoms with E-state index in [4.69, 9.17) is 9.47 Å². The minimum atomic E-state index is -0.207. The number of nitrogens with one attached hydrogen (secondary N) is 2. The summed E-state index contributed by atoms with van der Waals surface area (Å²) in [6.07, 6.45) is 3.51. The van der Waals surface area contributed by atoms with Crippen molar-refractivity contribution in [2.45, 2.75) is 52.0 Å². The van der Waals surface area contributed by atoms with Crippen molar-refractivity contribution >= 4 is 17.6 Å². The summed E-state index contributed by atoms with van der Waals surface area (Å²) in [5, 5.41) is 5.50. The maximum absolute atomic E-state index is 11.8. The van der Waals surface area contributed by atoms with E-state index >= 15 is 0 Å². The highest BCUT2D eigenvalue weighted by Crippen LogP contribution is 2.24. The molecule has 0 bridgehead atoms. The van der Waals surface area contributed by atoms with E-state index in [-0.39, 0.29) is 42.5 Å². The maximum Gasteiger partial charge on any atom is 0.239 e. The van der Waals surface area contributed by atoms with Gasteiger partial charge in [-0.1, -0.05) is 0 Å². The molecule has 0 aromatic rings. The molecule has 1 aliphatic rings. The lowest BCUT2D eigenvalue weighted by Crippen LogP contribution is -2.43. The number of Topliss-reactive ketones (excluding diaryl/α,β-unsaturated/α-hetero) is 1. The predicted octanol–water partition coefficient (Wildman–Crippen LogP) is 0.810. The van der Waals surface area contributed by atoms with Crippen molar-refractivity contribution < 1.29 is 23.9 Å². The molecule has 0 aromatic carbocycles. The zero-order chi connectivity index (χ0) is 17.8. The van der Waals surface area contributed by atoms with Gasteiger partial charge in [-0.05, 0) is 39.5 Å². The van der Waals surface area contributed by atoms with Crippen molar-refractivity contribution in [3.8, 4) is 0 Å². The summed E-state index contributed by atoms with van der Waals surface area (Å²) in [7, 11) is 0. The summed E-state index contributed by atoms with van der Waals surface area (Å²) in [6.45, 7) is 5.46. The monoisotopic (exact) mass is 342 g/mol. The normalized spacial score (nSPS) is 20.4. The first kappa shape index (κ1) is 20.6. The number of hydrogen-bond donors (Lipinski definition) is 2. The number of carbonyl (C=O) groups is 3. The summed E-state index contributed by atoms with van der Waals surface area (Å²) in [5.74, 6) is -0.0233. The van der Waals surface area contributed by atoms with E-state index < -0.39 is 0 Å². The number of carbonyl (C=O) groups excluding carboxylic acids is 3. The van der Waals surface area contributed by atoms with E-state index in [0.717, 1.165) is 25.7 Å². The topological polar surface area (TPSA) is 93.7 Å². The van der Waals surface area contributed by atoms with Gasteiger partial charge in [0, 0.05) is 25.0 Å². The van der Waals surface area contributed by atoms with Crippen LogP contribution in [-0.4, -0.2) is 56.6 Å². The van der Waals surface area contributed by atoms with Gasteiger partial charge in [-0.3, -0.25) is 14.4 Å². The molecule has 1 fully saturated rings. The summed E-state index contributed by atoms with van der Waals surface area (Å²) >= 11 is 0. The molecule has 1 aliphatic carbocycles. The molecule has 7 heteroatoms. The molecule has 0 aliphatic heterocycles. The molecule has 0 radical (unpaired) electrons. The van der Waals surface area contributed by atoms with Crippen molar-refractivity contribution in [2.75, 3.05) is 33.0 Å². The molecule has 0 aromatic heterocycles. The number of ketones is 1. The standard InChI is InChI=1S/C17H30N2O5/c1-3-23-10-11-24-9-8-16(21)18-12-17(22)19-15-6-4-14(5-7-15)13(2)20/h14-15H,3-12H2,1-2H3,(H,18,21)(H,19,22). The molecule has 2 N–H and O–H groups in total. The molecule has 1 saturated carbocycles. The van der Waals surface area contributed by atoms with Gasteiger partial charge in [-0.25, -0.2) is 0 Å². The van der Waals surface area contributed by atoms with E-state index in [0.29, 0.717) is 26.4 Å². The second kappa shape index (κ2) is 12.0. The summed E-state index contributed by atoms with van der Waals surface area (Å²) in [6, 6.07) is 0.104. The van der Waals surface area contributed by atoms with E-state index in [1.165, 1.54) is 0 Å². The highest BCUT2D eigenvalue weighted by Gasteiger charge is 2.24. The fourth-order valence-electron chi connectivity index (χ4n) is 2.72. The molecular weight excluding hydrogens is 312 g/mol.